The van der Waals surface area contributed by atoms with Crippen molar-refractivity contribution in [3.8, 4) is 0 Å². The van der Waals surface area contributed by atoms with Crippen LogP contribution < -0.4 is 5.32 Å². The SMILES string of the molecule is CCc1ccc(NC(=O)C(Br)CC)cc1[N+](=O)[O-]. The maximum atomic E-state index is 11.7. The van der Waals surface area contributed by atoms with Crippen LogP contribution in [0, 0.1) is 10.1 Å². The number of anilines is 1. The van der Waals surface area contributed by atoms with Crippen LogP contribution in [0.1, 0.15) is 25.8 Å². The van der Waals surface area contributed by atoms with Gasteiger partial charge < -0.3 is 5.32 Å². The summed E-state index contributed by atoms with van der Waals surface area (Å²) in [4.78, 5) is 21.8. The summed E-state index contributed by atoms with van der Waals surface area (Å²) in [5, 5.41) is 13.5. The average Bonchev–Trinajstić information content (AvgIpc) is 2.37. The molecule has 1 atom stereocenters. The molecule has 0 spiro atoms. The minimum absolute atomic E-state index is 0.0397. The fourth-order valence-corrected chi connectivity index (χ4v) is 1.63. The van der Waals surface area contributed by atoms with E-state index in [1.165, 1.54) is 6.07 Å². The summed E-state index contributed by atoms with van der Waals surface area (Å²) in [5.74, 6) is -0.198. The first-order chi connectivity index (χ1) is 8.49. The summed E-state index contributed by atoms with van der Waals surface area (Å²) >= 11 is 3.23. The zero-order valence-electron chi connectivity index (χ0n) is 10.3. The van der Waals surface area contributed by atoms with Gasteiger partial charge in [-0.15, -0.1) is 0 Å². The molecule has 0 saturated heterocycles. The minimum atomic E-state index is -0.431. The van der Waals surface area contributed by atoms with Crippen molar-refractivity contribution < 1.29 is 9.72 Å². The number of carbonyl (C=O) groups excluding carboxylic acids is 1. The van der Waals surface area contributed by atoms with Crippen LogP contribution in [0.4, 0.5) is 11.4 Å². The summed E-state index contributed by atoms with van der Waals surface area (Å²) < 4.78 is 0. The van der Waals surface area contributed by atoms with Crippen molar-refractivity contribution in [1.82, 2.24) is 0 Å². The zero-order valence-corrected chi connectivity index (χ0v) is 11.9. The largest absolute Gasteiger partial charge is 0.325 e. The second kappa shape index (κ2) is 6.49. The molecule has 0 aliphatic carbocycles. The number of hydrogen-bond acceptors (Lipinski definition) is 3. The van der Waals surface area contributed by atoms with Gasteiger partial charge in [0.25, 0.3) is 5.69 Å². The van der Waals surface area contributed by atoms with E-state index in [9.17, 15) is 14.9 Å². The lowest BCUT2D eigenvalue weighted by Gasteiger charge is -2.09. The molecule has 0 bridgehead atoms. The van der Waals surface area contributed by atoms with Crippen LogP contribution >= 0.6 is 15.9 Å². The second-order valence-corrected chi connectivity index (χ2v) is 4.92. The fraction of sp³-hybridized carbons (Fsp3) is 0.417. The van der Waals surface area contributed by atoms with Gasteiger partial charge in [-0.25, -0.2) is 0 Å². The standard InChI is InChI=1S/C12H15BrN2O3/c1-3-8-5-6-9(7-11(8)15(17)18)14-12(16)10(13)4-2/h5-7,10H,3-4H2,1-2H3,(H,14,16). The number of benzene rings is 1. The third-order valence-corrected chi connectivity index (χ3v) is 3.64. The molecule has 1 N–H and O–H groups in total. The summed E-state index contributed by atoms with van der Waals surface area (Å²) in [6.07, 6.45) is 1.24. The molecule has 1 rings (SSSR count). The van der Waals surface area contributed by atoms with Crippen LogP contribution in [0.15, 0.2) is 18.2 Å². The van der Waals surface area contributed by atoms with Gasteiger partial charge in [-0.3, -0.25) is 14.9 Å². The first kappa shape index (κ1) is 14.6. The van der Waals surface area contributed by atoms with Crippen molar-refractivity contribution >= 4 is 33.2 Å². The van der Waals surface area contributed by atoms with E-state index < -0.39 is 4.92 Å². The van der Waals surface area contributed by atoms with Gasteiger partial charge in [0.1, 0.15) is 0 Å². The monoisotopic (exact) mass is 314 g/mol. The summed E-state index contributed by atoms with van der Waals surface area (Å²) in [7, 11) is 0. The van der Waals surface area contributed by atoms with Crippen molar-refractivity contribution in [1.29, 1.82) is 0 Å². The van der Waals surface area contributed by atoms with Crippen molar-refractivity contribution in [2.75, 3.05) is 5.32 Å². The van der Waals surface area contributed by atoms with E-state index in [-0.39, 0.29) is 16.4 Å². The van der Waals surface area contributed by atoms with Gasteiger partial charge in [0.2, 0.25) is 5.91 Å². The van der Waals surface area contributed by atoms with E-state index in [1.807, 2.05) is 13.8 Å². The van der Waals surface area contributed by atoms with Gasteiger partial charge in [-0.1, -0.05) is 35.8 Å². The van der Waals surface area contributed by atoms with E-state index in [4.69, 9.17) is 0 Å². The number of nitro groups is 1. The highest BCUT2D eigenvalue weighted by Gasteiger charge is 2.16. The van der Waals surface area contributed by atoms with E-state index in [2.05, 4.69) is 21.2 Å². The molecule has 0 fully saturated rings. The summed E-state index contributed by atoms with van der Waals surface area (Å²) in [6, 6.07) is 4.74. The van der Waals surface area contributed by atoms with Crippen LogP contribution in [0.25, 0.3) is 0 Å². The topological polar surface area (TPSA) is 72.2 Å². The van der Waals surface area contributed by atoms with E-state index in [1.54, 1.807) is 12.1 Å². The molecule has 98 valence electrons. The van der Waals surface area contributed by atoms with Crippen LogP contribution in [0.5, 0.6) is 0 Å². The lowest BCUT2D eigenvalue weighted by atomic mass is 10.1. The lowest BCUT2D eigenvalue weighted by Crippen LogP contribution is -2.22. The van der Waals surface area contributed by atoms with E-state index >= 15 is 0 Å². The number of hydrogen-bond donors (Lipinski definition) is 1. The molecular weight excluding hydrogens is 300 g/mol. The van der Waals surface area contributed by atoms with Crippen LogP contribution in [0.3, 0.4) is 0 Å². The molecule has 0 saturated carbocycles. The Morgan fingerprint density at radius 2 is 2.17 bits per heavy atom. The molecule has 1 aromatic carbocycles. The number of carbonyl (C=O) groups is 1. The van der Waals surface area contributed by atoms with Crippen molar-refractivity contribution in [2.45, 2.75) is 31.5 Å². The Morgan fingerprint density at radius 3 is 2.67 bits per heavy atom. The molecule has 1 amide bonds. The Labute approximate surface area is 114 Å². The zero-order chi connectivity index (χ0) is 13.7. The number of halogens is 1. The van der Waals surface area contributed by atoms with Crippen LogP contribution in [0.2, 0.25) is 0 Å². The number of nitrogens with one attached hydrogen (secondary N) is 1. The Kier molecular flexibility index (Phi) is 5.27. The molecule has 0 radical (unpaired) electrons. The highest BCUT2D eigenvalue weighted by Crippen LogP contribution is 2.24. The van der Waals surface area contributed by atoms with Gasteiger partial charge in [0, 0.05) is 17.3 Å². The predicted octanol–water partition coefficient (Wildman–Crippen LogP) is 3.27. The molecule has 6 heteroatoms. The number of nitro benzene ring substituents is 1. The Bertz CT molecular complexity index is 463. The maximum absolute atomic E-state index is 11.7. The predicted molar refractivity (Wildman–Crippen MR) is 74.1 cm³/mol. The third-order valence-electron chi connectivity index (χ3n) is 2.57. The summed E-state index contributed by atoms with van der Waals surface area (Å²) in [6.45, 7) is 3.73. The first-order valence-electron chi connectivity index (χ1n) is 5.71. The van der Waals surface area contributed by atoms with Gasteiger partial charge in [-0.2, -0.15) is 0 Å². The minimum Gasteiger partial charge on any atom is -0.325 e. The molecule has 1 aromatic rings. The Balaban J connectivity index is 2.95. The molecule has 0 aliphatic heterocycles. The maximum Gasteiger partial charge on any atom is 0.274 e. The van der Waals surface area contributed by atoms with Crippen LogP contribution in [-0.2, 0) is 11.2 Å². The molecule has 0 aromatic heterocycles. The van der Waals surface area contributed by atoms with Crippen LogP contribution in [-0.4, -0.2) is 15.7 Å². The highest BCUT2D eigenvalue weighted by atomic mass is 79.9. The third kappa shape index (κ3) is 3.53. The summed E-state index contributed by atoms with van der Waals surface area (Å²) in [5.41, 5.74) is 1.14. The normalized spacial score (nSPS) is 11.9. The smallest absolute Gasteiger partial charge is 0.274 e. The van der Waals surface area contributed by atoms with Crippen molar-refractivity contribution in [2.24, 2.45) is 0 Å². The quantitative estimate of drug-likeness (QED) is 0.515. The molecule has 0 aliphatic rings. The first-order valence-corrected chi connectivity index (χ1v) is 6.63. The molecule has 0 heterocycles. The van der Waals surface area contributed by atoms with E-state index in [0.717, 1.165) is 0 Å². The molecule has 5 nitrogen and oxygen atoms in total. The number of aryl methyl sites for hydroxylation is 1. The van der Waals surface area contributed by atoms with Gasteiger partial charge in [0.15, 0.2) is 0 Å². The van der Waals surface area contributed by atoms with Gasteiger partial charge in [0.05, 0.1) is 9.75 Å². The number of amides is 1. The fourth-order valence-electron chi connectivity index (χ4n) is 1.52. The van der Waals surface area contributed by atoms with Gasteiger partial charge in [-0.05, 0) is 18.9 Å². The van der Waals surface area contributed by atoms with Gasteiger partial charge >= 0.3 is 0 Å². The molecule has 18 heavy (non-hydrogen) atoms. The number of alkyl halides is 1. The average molecular weight is 315 g/mol. The van der Waals surface area contributed by atoms with Crippen molar-refractivity contribution in [3.63, 3.8) is 0 Å². The van der Waals surface area contributed by atoms with Crippen molar-refractivity contribution in [3.05, 3.63) is 33.9 Å². The number of rotatable bonds is 5. The Morgan fingerprint density at radius 1 is 1.50 bits per heavy atom. The second-order valence-electron chi connectivity index (χ2n) is 3.82. The Hall–Kier alpha value is -1.43. The van der Waals surface area contributed by atoms with E-state index in [0.29, 0.717) is 24.1 Å². The number of nitrogens with zero attached hydrogens (tertiary/aromatic N) is 1. The highest BCUT2D eigenvalue weighted by molar-refractivity contribution is 9.10. The molecule has 1 unspecified atom stereocenters. The lowest BCUT2D eigenvalue weighted by molar-refractivity contribution is -0.385. The molecular formula is C12H15BrN2O3.